The first-order valence-corrected chi connectivity index (χ1v) is 5.31. The molecule has 0 saturated heterocycles. The minimum absolute atomic E-state index is 0.502. The molecule has 1 heterocycles. The second-order valence-corrected chi connectivity index (χ2v) is 3.35. The van der Waals surface area contributed by atoms with Gasteiger partial charge in [-0.15, -0.1) is 5.10 Å². The molecule has 0 aliphatic heterocycles. The summed E-state index contributed by atoms with van der Waals surface area (Å²) in [6.45, 7) is 2.38. The van der Waals surface area contributed by atoms with Gasteiger partial charge in [0.2, 0.25) is 5.82 Å². The van der Waals surface area contributed by atoms with Gasteiger partial charge in [-0.3, -0.25) is 0 Å². The molecule has 6 nitrogen and oxygen atoms in total. The van der Waals surface area contributed by atoms with Crippen LogP contribution < -0.4 is 0 Å². The lowest BCUT2D eigenvalue weighted by Gasteiger charge is -2.04. The summed E-state index contributed by atoms with van der Waals surface area (Å²) in [7, 11) is 1.76. The molecule has 88 valence electrons. The highest BCUT2D eigenvalue weighted by molar-refractivity contribution is 6.10. The molecule has 0 amide bonds. The molecule has 0 spiro atoms. The van der Waals surface area contributed by atoms with Crippen LogP contribution in [0.15, 0.2) is 35.5 Å². The van der Waals surface area contributed by atoms with Gasteiger partial charge in [0.05, 0.1) is 0 Å². The average Bonchev–Trinajstić information content (AvgIpc) is 2.78. The van der Waals surface area contributed by atoms with E-state index in [-0.39, 0.29) is 0 Å². The number of hydrogen-bond donors (Lipinski definition) is 0. The highest BCUT2D eigenvalue weighted by Gasteiger charge is 2.14. The van der Waals surface area contributed by atoms with Crippen LogP contribution in [0.1, 0.15) is 18.3 Å². The summed E-state index contributed by atoms with van der Waals surface area (Å²) in [5, 5.41) is 15.4. The molecule has 17 heavy (non-hydrogen) atoms. The Labute approximate surface area is 98.9 Å². The van der Waals surface area contributed by atoms with Gasteiger partial charge in [-0.2, -0.15) is 0 Å². The first-order chi connectivity index (χ1) is 8.33. The van der Waals surface area contributed by atoms with E-state index in [1.165, 1.54) is 0 Å². The molecule has 6 heteroatoms. The van der Waals surface area contributed by atoms with Crippen LogP contribution >= 0.6 is 0 Å². The van der Waals surface area contributed by atoms with Gasteiger partial charge < -0.3 is 4.84 Å². The smallest absolute Gasteiger partial charge is 0.204 e. The largest absolute Gasteiger partial charge is 0.396 e. The lowest BCUT2D eigenvalue weighted by atomic mass is 10.1. The van der Waals surface area contributed by atoms with E-state index in [9.17, 15) is 0 Å². The first-order valence-electron chi connectivity index (χ1n) is 5.31. The summed E-state index contributed by atoms with van der Waals surface area (Å²) in [6, 6.07) is 9.68. The van der Waals surface area contributed by atoms with Gasteiger partial charge in [-0.1, -0.05) is 35.5 Å². The lowest BCUT2D eigenvalue weighted by molar-refractivity contribution is 0.159. The highest BCUT2D eigenvalue weighted by Crippen LogP contribution is 2.07. The Morgan fingerprint density at radius 2 is 2.12 bits per heavy atom. The fourth-order valence-electron chi connectivity index (χ4n) is 1.38. The molecule has 0 unspecified atom stereocenters. The molecule has 0 N–H and O–H groups in total. The van der Waals surface area contributed by atoms with Crippen molar-refractivity contribution >= 4 is 5.71 Å². The zero-order chi connectivity index (χ0) is 12.1. The van der Waals surface area contributed by atoms with E-state index in [0.717, 1.165) is 5.56 Å². The van der Waals surface area contributed by atoms with Crippen molar-refractivity contribution in [3.63, 3.8) is 0 Å². The Kier molecular flexibility index (Phi) is 3.44. The van der Waals surface area contributed by atoms with Crippen LogP contribution in [0.5, 0.6) is 0 Å². The van der Waals surface area contributed by atoms with Crippen LogP contribution in [0.4, 0.5) is 0 Å². The monoisotopic (exact) mass is 231 g/mol. The lowest BCUT2D eigenvalue weighted by Crippen LogP contribution is -2.11. The fourth-order valence-corrected chi connectivity index (χ4v) is 1.38. The molecule has 1 aromatic carbocycles. The standard InChI is InChI=1S/C11H13N5O/c1-3-17-13-10(9-7-5-4-6-8-9)11-12-14-15-16(11)2/h4-8H,3H2,1-2H3. The number of hydrogen-bond acceptors (Lipinski definition) is 5. The number of aromatic nitrogens is 4. The quantitative estimate of drug-likeness (QED) is 0.581. The first kappa shape index (κ1) is 11.3. The van der Waals surface area contributed by atoms with Crippen LogP contribution in [-0.4, -0.2) is 32.5 Å². The summed E-state index contributed by atoms with van der Waals surface area (Å²) in [5.74, 6) is 0.574. The maximum atomic E-state index is 5.11. The number of oxime groups is 1. The molecule has 2 rings (SSSR count). The van der Waals surface area contributed by atoms with E-state index >= 15 is 0 Å². The number of benzene rings is 1. The van der Waals surface area contributed by atoms with Gasteiger partial charge in [0, 0.05) is 12.6 Å². The molecule has 0 saturated carbocycles. The molecule has 0 aliphatic rings. The Hall–Kier alpha value is -2.24. The maximum Gasteiger partial charge on any atom is 0.204 e. The number of aryl methyl sites for hydroxylation is 1. The van der Waals surface area contributed by atoms with E-state index in [4.69, 9.17) is 4.84 Å². The van der Waals surface area contributed by atoms with Crippen LogP contribution in [0, 0.1) is 0 Å². The van der Waals surface area contributed by atoms with Gasteiger partial charge in [-0.05, 0) is 17.4 Å². The Bertz CT molecular complexity index is 506. The summed E-state index contributed by atoms with van der Waals surface area (Å²) in [5.41, 5.74) is 1.54. The van der Waals surface area contributed by atoms with E-state index in [1.807, 2.05) is 37.3 Å². The van der Waals surface area contributed by atoms with Gasteiger partial charge >= 0.3 is 0 Å². The molecule has 0 fully saturated rings. The zero-order valence-corrected chi connectivity index (χ0v) is 9.74. The minimum atomic E-state index is 0.502. The van der Waals surface area contributed by atoms with Crippen molar-refractivity contribution in [3.05, 3.63) is 41.7 Å². The summed E-state index contributed by atoms with van der Waals surface area (Å²) in [6.07, 6.45) is 0. The van der Waals surface area contributed by atoms with Gasteiger partial charge in [0.15, 0.2) is 5.71 Å². The summed E-state index contributed by atoms with van der Waals surface area (Å²) in [4.78, 5) is 5.11. The Morgan fingerprint density at radius 1 is 1.35 bits per heavy atom. The van der Waals surface area contributed by atoms with Gasteiger partial charge in [0.1, 0.15) is 6.61 Å². The molecule has 0 aliphatic carbocycles. The predicted molar refractivity (Wildman–Crippen MR) is 62.5 cm³/mol. The highest BCUT2D eigenvalue weighted by atomic mass is 16.6. The third-order valence-corrected chi connectivity index (χ3v) is 2.16. The minimum Gasteiger partial charge on any atom is -0.396 e. The third kappa shape index (κ3) is 2.47. The van der Waals surface area contributed by atoms with Crippen LogP contribution in [0.3, 0.4) is 0 Å². The van der Waals surface area contributed by atoms with Crippen LogP contribution in [0.2, 0.25) is 0 Å². The van der Waals surface area contributed by atoms with E-state index < -0.39 is 0 Å². The predicted octanol–water partition coefficient (Wildman–Crippen LogP) is 0.999. The number of rotatable bonds is 4. The van der Waals surface area contributed by atoms with E-state index in [1.54, 1.807) is 11.7 Å². The van der Waals surface area contributed by atoms with Gasteiger partial charge in [-0.25, -0.2) is 4.68 Å². The van der Waals surface area contributed by atoms with Crippen LogP contribution in [-0.2, 0) is 11.9 Å². The van der Waals surface area contributed by atoms with Gasteiger partial charge in [0.25, 0.3) is 0 Å². The molecule has 0 atom stereocenters. The Balaban J connectivity index is 2.43. The number of nitrogens with zero attached hydrogens (tertiary/aromatic N) is 5. The number of tetrazole rings is 1. The summed E-state index contributed by atoms with van der Waals surface area (Å²) < 4.78 is 1.56. The second kappa shape index (κ2) is 5.20. The second-order valence-electron chi connectivity index (χ2n) is 3.35. The molecular formula is C11H13N5O. The SMILES string of the molecule is CCON=C(c1ccccc1)c1nnnn1C. The fraction of sp³-hybridized carbons (Fsp3) is 0.273. The molecular weight excluding hydrogens is 218 g/mol. The average molecular weight is 231 g/mol. The van der Waals surface area contributed by atoms with Crippen molar-refractivity contribution in [1.29, 1.82) is 0 Å². The van der Waals surface area contributed by atoms with Crippen molar-refractivity contribution in [3.8, 4) is 0 Å². The Morgan fingerprint density at radius 3 is 2.71 bits per heavy atom. The topological polar surface area (TPSA) is 65.2 Å². The summed E-state index contributed by atoms with van der Waals surface area (Å²) >= 11 is 0. The molecule has 0 radical (unpaired) electrons. The van der Waals surface area contributed by atoms with E-state index in [2.05, 4.69) is 20.7 Å². The third-order valence-electron chi connectivity index (χ3n) is 2.16. The van der Waals surface area contributed by atoms with Crippen LogP contribution in [0.25, 0.3) is 0 Å². The van der Waals surface area contributed by atoms with Crippen molar-refractivity contribution in [2.24, 2.45) is 12.2 Å². The van der Waals surface area contributed by atoms with Crippen molar-refractivity contribution in [1.82, 2.24) is 20.2 Å². The van der Waals surface area contributed by atoms with Crippen molar-refractivity contribution < 1.29 is 4.84 Å². The molecule has 1 aromatic heterocycles. The normalized spacial score (nSPS) is 11.5. The van der Waals surface area contributed by atoms with Crippen molar-refractivity contribution in [2.45, 2.75) is 6.92 Å². The van der Waals surface area contributed by atoms with E-state index in [0.29, 0.717) is 18.1 Å². The zero-order valence-electron chi connectivity index (χ0n) is 9.74. The molecule has 0 bridgehead atoms. The van der Waals surface area contributed by atoms with Crippen molar-refractivity contribution in [2.75, 3.05) is 6.61 Å². The molecule has 2 aromatic rings. The maximum absolute atomic E-state index is 5.11.